The minimum atomic E-state index is 0. The molecule has 0 atom stereocenters. The molecule has 3 aromatic rings. The molecule has 7 heteroatoms. The van der Waals surface area contributed by atoms with E-state index in [0.29, 0.717) is 6.54 Å². The number of nitrogens with one attached hydrogen (secondary N) is 2. The second-order valence-corrected chi connectivity index (χ2v) is 7.85. The van der Waals surface area contributed by atoms with Gasteiger partial charge in [-0.3, -0.25) is 14.9 Å². The molecule has 1 aliphatic heterocycles. The van der Waals surface area contributed by atoms with Gasteiger partial charge in [-0.05, 0) is 34.9 Å². The molecule has 0 aliphatic carbocycles. The minimum Gasteiger partial charge on any atom is -0.379 e. The third kappa shape index (κ3) is 7.52. The van der Waals surface area contributed by atoms with Crippen molar-refractivity contribution in [3.63, 3.8) is 0 Å². The Morgan fingerprint density at radius 1 is 0.939 bits per heavy atom. The van der Waals surface area contributed by atoms with Gasteiger partial charge >= 0.3 is 0 Å². The van der Waals surface area contributed by atoms with Gasteiger partial charge in [0.05, 0.1) is 18.9 Å². The van der Waals surface area contributed by atoms with Crippen LogP contribution in [0.1, 0.15) is 16.7 Å². The Balaban J connectivity index is 0.00000306. The number of morpholine rings is 1. The number of hydrogen-bond donors (Lipinski definition) is 2. The highest BCUT2D eigenvalue weighted by atomic mass is 127. The Hall–Kier alpha value is -2.49. The van der Waals surface area contributed by atoms with E-state index in [4.69, 9.17) is 4.74 Å². The van der Waals surface area contributed by atoms with Gasteiger partial charge in [0, 0.05) is 51.5 Å². The maximum atomic E-state index is 5.48. The highest BCUT2D eigenvalue weighted by Crippen LogP contribution is 2.17. The van der Waals surface area contributed by atoms with Gasteiger partial charge < -0.3 is 15.4 Å². The number of rotatable bonds is 7. The van der Waals surface area contributed by atoms with Crippen molar-refractivity contribution in [3.8, 4) is 11.3 Å². The Kier molecular flexibility index (Phi) is 10.1. The van der Waals surface area contributed by atoms with Gasteiger partial charge in [-0.1, -0.05) is 48.5 Å². The molecule has 1 aliphatic rings. The number of hydrogen-bond acceptors (Lipinski definition) is 4. The summed E-state index contributed by atoms with van der Waals surface area (Å²) in [4.78, 5) is 11.3. The van der Waals surface area contributed by atoms with Crippen LogP contribution in [0, 0.1) is 0 Å². The molecule has 0 bridgehead atoms. The minimum absolute atomic E-state index is 0. The fraction of sp³-hybridized carbons (Fsp3) is 0.308. The summed E-state index contributed by atoms with van der Waals surface area (Å²) in [7, 11) is 1.80. The largest absolute Gasteiger partial charge is 0.379 e. The molecule has 33 heavy (non-hydrogen) atoms. The van der Waals surface area contributed by atoms with Crippen LogP contribution in [0.3, 0.4) is 0 Å². The van der Waals surface area contributed by atoms with E-state index in [0.717, 1.165) is 56.6 Å². The van der Waals surface area contributed by atoms with Gasteiger partial charge in [-0.15, -0.1) is 24.0 Å². The van der Waals surface area contributed by atoms with Crippen LogP contribution < -0.4 is 10.6 Å². The number of aromatic nitrogens is 1. The molecule has 0 spiro atoms. The van der Waals surface area contributed by atoms with Crippen LogP contribution in [0.5, 0.6) is 0 Å². The third-order valence-electron chi connectivity index (χ3n) is 5.63. The first-order valence-corrected chi connectivity index (χ1v) is 11.1. The maximum absolute atomic E-state index is 5.48. The lowest BCUT2D eigenvalue weighted by Gasteiger charge is -2.27. The maximum Gasteiger partial charge on any atom is 0.191 e. The summed E-state index contributed by atoms with van der Waals surface area (Å²) < 4.78 is 5.48. The zero-order chi connectivity index (χ0) is 22.0. The molecule has 1 aromatic heterocycles. The van der Waals surface area contributed by atoms with E-state index in [9.17, 15) is 0 Å². The molecule has 2 aromatic carbocycles. The van der Waals surface area contributed by atoms with Crippen LogP contribution >= 0.6 is 24.0 Å². The number of aliphatic imine (C=N–C) groups is 1. The molecule has 0 unspecified atom stereocenters. The molecule has 2 N–H and O–H groups in total. The molecule has 2 heterocycles. The normalized spacial score (nSPS) is 14.4. The van der Waals surface area contributed by atoms with Crippen molar-refractivity contribution in [2.24, 2.45) is 4.99 Å². The van der Waals surface area contributed by atoms with E-state index < -0.39 is 0 Å². The molecule has 0 radical (unpaired) electrons. The quantitative estimate of drug-likeness (QED) is 0.261. The molecule has 0 amide bonds. The van der Waals surface area contributed by atoms with E-state index in [1.807, 2.05) is 24.4 Å². The average molecular weight is 557 g/mol. The van der Waals surface area contributed by atoms with Crippen molar-refractivity contribution in [1.29, 1.82) is 0 Å². The summed E-state index contributed by atoms with van der Waals surface area (Å²) in [5, 5.41) is 6.89. The van der Waals surface area contributed by atoms with Gasteiger partial charge in [0.25, 0.3) is 0 Å². The molecular formula is C26H32IN5O. The number of pyridine rings is 1. The van der Waals surface area contributed by atoms with E-state index in [2.05, 4.69) is 74.0 Å². The second-order valence-electron chi connectivity index (χ2n) is 7.85. The predicted molar refractivity (Wildman–Crippen MR) is 145 cm³/mol. The number of halogens is 1. The Bertz CT molecular complexity index is 1020. The summed E-state index contributed by atoms with van der Waals surface area (Å²) in [6, 6.07) is 23.0. The lowest BCUT2D eigenvalue weighted by Crippen LogP contribution is -2.37. The van der Waals surface area contributed by atoms with Gasteiger partial charge in [-0.2, -0.15) is 0 Å². The van der Waals surface area contributed by atoms with Crippen LogP contribution in [0.15, 0.2) is 77.9 Å². The van der Waals surface area contributed by atoms with E-state index in [1.165, 1.54) is 16.7 Å². The van der Waals surface area contributed by atoms with Crippen LogP contribution in [0.25, 0.3) is 11.3 Å². The molecular weight excluding hydrogens is 525 g/mol. The lowest BCUT2D eigenvalue weighted by molar-refractivity contribution is 0.0341. The highest BCUT2D eigenvalue weighted by molar-refractivity contribution is 14.0. The van der Waals surface area contributed by atoms with Crippen molar-refractivity contribution >= 4 is 29.9 Å². The monoisotopic (exact) mass is 557 g/mol. The van der Waals surface area contributed by atoms with Crippen LogP contribution in [-0.4, -0.2) is 49.2 Å². The zero-order valence-corrected chi connectivity index (χ0v) is 21.4. The zero-order valence-electron chi connectivity index (χ0n) is 19.0. The first-order chi connectivity index (χ1) is 15.8. The summed E-state index contributed by atoms with van der Waals surface area (Å²) >= 11 is 0. The van der Waals surface area contributed by atoms with E-state index in [1.54, 1.807) is 7.05 Å². The van der Waals surface area contributed by atoms with Gasteiger partial charge in [-0.25, -0.2) is 0 Å². The van der Waals surface area contributed by atoms with E-state index in [-0.39, 0.29) is 24.0 Å². The number of ether oxygens (including phenoxy) is 1. The summed E-state index contributed by atoms with van der Waals surface area (Å²) in [6.07, 6.45) is 1.82. The van der Waals surface area contributed by atoms with Crippen molar-refractivity contribution < 1.29 is 4.74 Å². The highest BCUT2D eigenvalue weighted by Gasteiger charge is 2.13. The van der Waals surface area contributed by atoms with Crippen molar-refractivity contribution in [1.82, 2.24) is 20.5 Å². The lowest BCUT2D eigenvalue weighted by atomic mass is 10.1. The SMILES string of the molecule is CN=C(NCc1cccc(-c2ccccn2)c1)NCc1ccccc1CN1CCOCC1.I. The fourth-order valence-corrected chi connectivity index (χ4v) is 3.84. The predicted octanol–water partition coefficient (Wildman–Crippen LogP) is 4.06. The van der Waals surface area contributed by atoms with Crippen LogP contribution in [0.4, 0.5) is 0 Å². The molecule has 174 valence electrons. The molecule has 1 saturated heterocycles. The Morgan fingerprint density at radius 3 is 2.45 bits per heavy atom. The first kappa shape index (κ1) is 25.1. The van der Waals surface area contributed by atoms with E-state index >= 15 is 0 Å². The fourth-order valence-electron chi connectivity index (χ4n) is 3.84. The number of guanidine groups is 1. The Labute approximate surface area is 213 Å². The summed E-state index contributed by atoms with van der Waals surface area (Å²) in [5.74, 6) is 0.786. The number of benzene rings is 2. The van der Waals surface area contributed by atoms with Crippen molar-refractivity contribution in [2.75, 3.05) is 33.4 Å². The van der Waals surface area contributed by atoms with Crippen LogP contribution in [0.2, 0.25) is 0 Å². The topological polar surface area (TPSA) is 61.8 Å². The van der Waals surface area contributed by atoms with Crippen molar-refractivity contribution in [3.05, 3.63) is 89.6 Å². The third-order valence-corrected chi connectivity index (χ3v) is 5.63. The van der Waals surface area contributed by atoms with Gasteiger partial charge in [0.1, 0.15) is 0 Å². The second kappa shape index (κ2) is 13.3. The van der Waals surface area contributed by atoms with Gasteiger partial charge in [0.15, 0.2) is 5.96 Å². The summed E-state index contributed by atoms with van der Waals surface area (Å²) in [6.45, 7) is 5.99. The smallest absolute Gasteiger partial charge is 0.191 e. The summed E-state index contributed by atoms with van der Waals surface area (Å²) in [5.41, 5.74) is 5.92. The molecule has 6 nitrogen and oxygen atoms in total. The van der Waals surface area contributed by atoms with Crippen LogP contribution in [-0.2, 0) is 24.4 Å². The average Bonchev–Trinajstić information content (AvgIpc) is 2.86. The van der Waals surface area contributed by atoms with Crippen molar-refractivity contribution in [2.45, 2.75) is 19.6 Å². The number of nitrogens with zero attached hydrogens (tertiary/aromatic N) is 3. The Morgan fingerprint density at radius 2 is 1.70 bits per heavy atom. The van der Waals surface area contributed by atoms with Gasteiger partial charge in [0.2, 0.25) is 0 Å². The first-order valence-electron chi connectivity index (χ1n) is 11.1. The standard InChI is InChI=1S/C26H31N5O.HI/c1-27-26(29-18-21-7-6-10-22(17-21)25-11-4-5-12-28-25)30-19-23-8-2-3-9-24(23)20-31-13-15-32-16-14-31;/h2-12,17H,13-16,18-20H2,1H3,(H2,27,29,30);1H. The molecule has 4 rings (SSSR count). The molecule has 0 saturated carbocycles. The molecule has 1 fully saturated rings.